The van der Waals surface area contributed by atoms with Crippen molar-refractivity contribution in [2.75, 3.05) is 0 Å². The van der Waals surface area contributed by atoms with E-state index < -0.39 is 29.2 Å². The normalized spacial score (nSPS) is 13.7. The van der Waals surface area contributed by atoms with Gasteiger partial charge in [0.2, 0.25) is 0 Å². The number of carbonyl (C=O) groups excluding carboxylic acids is 1. The number of hydrogen-bond donors (Lipinski definition) is 1. The summed E-state index contributed by atoms with van der Waals surface area (Å²) in [6, 6.07) is 3.58. The zero-order valence-corrected chi connectivity index (χ0v) is 13.4. The van der Waals surface area contributed by atoms with Gasteiger partial charge in [0.25, 0.3) is 0 Å². The molecule has 1 N–H and O–H groups in total. The molecule has 0 unspecified atom stereocenters. The minimum Gasteiger partial charge on any atom is -0.444 e. The number of nitrogens with one attached hydrogen (secondary N) is 1. The molecule has 0 aliphatic carbocycles. The van der Waals surface area contributed by atoms with Crippen LogP contribution in [0.5, 0.6) is 0 Å². The van der Waals surface area contributed by atoms with Crippen molar-refractivity contribution < 1.29 is 18.3 Å². The Kier molecular flexibility index (Phi) is 4.97. The van der Waals surface area contributed by atoms with E-state index in [1.54, 1.807) is 27.7 Å². The van der Waals surface area contributed by atoms with Crippen molar-refractivity contribution in [3.8, 4) is 0 Å². The number of hydrogen-bond acceptors (Lipinski definition) is 2. The monoisotopic (exact) mass is 299 g/mol. The lowest BCUT2D eigenvalue weighted by Gasteiger charge is -2.23. The molecular weight excluding hydrogens is 276 g/mol. The van der Waals surface area contributed by atoms with E-state index in [1.807, 2.05) is 0 Å². The minimum atomic E-state index is -1.61. The first kappa shape index (κ1) is 17.4. The van der Waals surface area contributed by atoms with E-state index in [-0.39, 0.29) is 11.1 Å². The Morgan fingerprint density at radius 1 is 1.24 bits per heavy atom. The van der Waals surface area contributed by atoms with Crippen LogP contribution in [0.25, 0.3) is 0 Å². The summed E-state index contributed by atoms with van der Waals surface area (Å²) in [7, 11) is 0. The quantitative estimate of drug-likeness (QED) is 0.884. The first-order chi connectivity index (χ1) is 9.40. The predicted molar refractivity (Wildman–Crippen MR) is 78.3 cm³/mol. The number of amides is 1. The number of carbonyl (C=O) groups is 1. The third-order valence-electron chi connectivity index (χ3n) is 2.89. The molecule has 0 heterocycles. The molecule has 0 radical (unpaired) electrons. The van der Waals surface area contributed by atoms with Crippen LogP contribution in [0.2, 0.25) is 0 Å². The van der Waals surface area contributed by atoms with Crippen LogP contribution < -0.4 is 5.32 Å². The second kappa shape index (κ2) is 6.00. The molecule has 118 valence electrons. The molecule has 5 heteroatoms. The number of ether oxygens (including phenoxy) is 1. The summed E-state index contributed by atoms with van der Waals surface area (Å²) < 4.78 is 32.9. The smallest absolute Gasteiger partial charge is 0.408 e. The highest BCUT2D eigenvalue weighted by Gasteiger charge is 2.23. The zero-order valence-electron chi connectivity index (χ0n) is 13.4. The number of halogens is 2. The van der Waals surface area contributed by atoms with E-state index in [1.165, 1.54) is 26.0 Å². The Balaban J connectivity index is 2.84. The van der Waals surface area contributed by atoms with Crippen LogP contribution in [0.4, 0.5) is 13.6 Å². The maximum Gasteiger partial charge on any atom is 0.408 e. The Bertz CT molecular complexity index is 516. The molecule has 0 aliphatic heterocycles. The van der Waals surface area contributed by atoms with Gasteiger partial charge < -0.3 is 10.1 Å². The molecule has 0 saturated heterocycles. The Morgan fingerprint density at radius 3 is 2.24 bits per heavy atom. The molecule has 0 bridgehead atoms. The van der Waals surface area contributed by atoms with E-state index in [0.717, 1.165) is 6.07 Å². The standard InChI is InChI=1S/C16H23F2NO2/c1-10(19-14(20)21-15(2,3)4)12-8-7-11(9-13(12)17)16(5,6)18/h7-10H,1-6H3,(H,19,20)/t10-/m0/s1. The molecule has 1 amide bonds. The van der Waals surface area contributed by atoms with Gasteiger partial charge in [-0.1, -0.05) is 12.1 Å². The van der Waals surface area contributed by atoms with Crippen molar-refractivity contribution in [2.45, 2.75) is 58.9 Å². The third kappa shape index (κ3) is 5.33. The second-order valence-corrected chi connectivity index (χ2v) is 6.58. The molecule has 0 aromatic heterocycles. The van der Waals surface area contributed by atoms with Crippen LogP contribution in [0.1, 0.15) is 58.7 Å². The largest absolute Gasteiger partial charge is 0.444 e. The van der Waals surface area contributed by atoms with Crippen LogP contribution in [0.3, 0.4) is 0 Å². The summed E-state index contributed by atoms with van der Waals surface area (Å²) in [5.74, 6) is -0.554. The average molecular weight is 299 g/mol. The lowest BCUT2D eigenvalue weighted by molar-refractivity contribution is 0.0507. The van der Waals surface area contributed by atoms with Gasteiger partial charge >= 0.3 is 6.09 Å². The van der Waals surface area contributed by atoms with Crippen molar-refractivity contribution in [1.29, 1.82) is 0 Å². The van der Waals surface area contributed by atoms with Crippen molar-refractivity contribution in [3.05, 3.63) is 35.1 Å². The minimum absolute atomic E-state index is 0.258. The maximum atomic E-state index is 14.1. The van der Waals surface area contributed by atoms with Crippen LogP contribution in [0.15, 0.2) is 18.2 Å². The molecule has 0 saturated carbocycles. The number of alkyl carbamates (subject to hydrolysis) is 1. The molecule has 0 spiro atoms. The SMILES string of the molecule is C[C@H](NC(=O)OC(C)(C)C)c1ccc(C(C)(C)F)cc1F. The van der Waals surface area contributed by atoms with Crippen LogP contribution in [0, 0.1) is 5.82 Å². The highest BCUT2D eigenvalue weighted by molar-refractivity contribution is 5.68. The van der Waals surface area contributed by atoms with Crippen molar-refractivity contribution >= 4 is 6.09 Å². The Hall–Kier alpha value is -1.65. The highest BCUT2D eigenvalue weighted by Crippen LogP contribution is 2.28. The number of alkyl halides is 1. The summed E-state index contributed by atoms with van der Waals surface area (Å²) in [5.41, 5.74) is -1.69. The Labute approximate surface area is 124 Å². The Morgan fingerprint density at radius 2 is 1.81 bits per heavy atom. The zero-order chi connectivity index (χ0) is 16.4. The second-order valence-electron chi connectivity index (χ2n) is 6.58. The predicted octanol–water partition coefficient (Wildman–Crippen LogP) is 4.62. The molecule has 1 aromatic carbocycles. The molecule has 1 atom stereocenters. The van der Waals surface area contributed by atoms with Crippen LogP contribution in [-0.4, -0.2) is 11.7 Å². The fraction of sp³-hybridized carbons (Fsp3) is 0.562. The number of rotatable bonds is 3. The van der Waals surface area contributed by atoms with Gasteiger partial charge in [0.15, 0.2) is 0 Å². The van der Waals surface area contributed by atoms with Crippen LogP contribution >= 0.6 is 0 Å². The first-order valence-electron chi connectivity index (χ1n) is 6.88. The third-order valence-corrected chi connectivity index (χ3v) is 2.89. The van der Waals surface area contributed by atoms with Crippen molar-refractivity contribution in [1.82, 2.24) is 5.32 Å². The fourth-order valence-corrected chi connectivity index (χ4v) is 1.81. The summed E-state index contributed by atoms with van der Waals surface area (Å²) in [5, 5.41) is 2.56. The van der Waals surface area contributed by atoms with Gasteiger partial charge in [0.05, 0.1) is 6.04 Å². The van der Waals surface area contributed by atoms with E-state index in [9.17, 15) is 13.6 Å². The van der Waals surface area contributed by atoms with E-state index in [4.69, 9.17) is 4.74 Å². The molecule has 0 aliphatic rings. The summed E-state index contributed by atoms with van der Waals surface area (Å²) >= 11 is 0. The van der Waals surface area contributed by atoms with Crippen LogP contribution in [-0.2, 0) is 10.4 Å². The van der Waals surface area contributed by atoms with E-state index >= 15 is 0 Å². The van der Waals surface area contributed by atoms with Gasteiger partial charge in [0.1, 0.15) is 17.1 Å². The average Bonchev–Trinajstić information content (AvgIpc) is 2.24. The lowest BCUT2D eigenvalue weighted by atomic mass is 9.97. The van der Waals surface area contributed by atoms with Gasteiger partial charge in [0, 0.05) is 5.56 Å². The van der Waals surface area contributed by atoms with Gasteiger partial charge in [-0.15, -0.1) is 0 Å². The molecule has 3 nitrogen and oxygen atoms in total. The summed E-state index contributed by atoms with van der Waals surface area (Å²) in [6.45, 7) is 9.61. The van der Waals surface area contributed by atoms with Crippen molar-refractivity contribution in [3.63, 3.8) is 0 Å². The molecule has 1 rings (SSSR count). The number of benzene rings is 1. The first-order valence-corrected chi connectivity index (χ1v) is 6.88. The fourth-order valence-electron chi connectivity index (χ4n) is 1.81. The topological polar surface area (TPSA) is 38.3 Å². The van der Waals surface area contributed by atoms with Gasteiger partial charge in [-0.25, -0.2) is 13.6 Å². The van der Waals surface area contributed by atoms with E-state index in [0.29, 0.717) is 0 Å². The van der Waals surface area contributed by atoms with E-state index in [2.05, 4.69) is 5.32 Å². The maximum absolute atomic E-state index is 14.1. The lowest BCUT2D eigenvalue weighted by Crippen LogP contribution is -2.34. The molecule has 1 aromatic rings. The molecule has 0 fully saturated rings. The van der Waals surface area contributed by atoms with Gasteiger partial charge in [-0.05, 0) is 53.2 Å². The molecular formula is C16H23F2NO2. The summed E-state index contributed by atoms with van der Waals surface area (Å²) in [4.78, 5) is 11.7. The van der Waals surface area contributed by atoms with Crippen molar-refractivity contribution in [2.24, 2.45) is 0 Å². The van der Waals surface area contributed by atoms with Gasteiger partial charge in [-0.3, -0.25) is 0 Å². The summed E-state index contributed by atoms with van der Waals surface area (Å²) in [6.07, 6.45) is -0.621. The highest BCUT2D eigenvalue weighted by atomic mass is 19.1. The molecule has 21 heavy (non-hydrogen) atoms. The van der Waals surface area contributed by atoms with Gasteiger partial charge in [-0.2, -0.15) is 0 Å².